The van der Waals surface area contributed by atoms with Crippen LogP contribution < -0.4 is 0 Å². The number of alkyl halides is 4. The molecule has 0 heterocycles. The van der Waals surface area contributed by atoms with E-state index in [0.717, 1.165) is 43.4 Å². The molecule has 0 saturated carbocycles. The first kappa shape index (κ1) is 46.2. The summed E-state index contributed by atoms with van der Waals surface area (Å²) < 4.78 is 77.4. The topological polar surface area (TPSA) is 27.7 Å². The van der Waals surface area contributed by atoms with Crippen molar-refractivity contribution in [1.82, 2.24) is 0 Å². The first-order valence-corrected chi connectivity index (χ1v) is 32.0. The fraction of sp³-hybridized carbons (Fsp3) is 1.00. The molecular weight excluding hydrogens is 794 g/mol. The molecule has 0 rings (SSSR count). The van der Waals surface area contributed by atoms with Gasteiger partial charge in [0.25, 0.3) is 0 Å². The van der Waals surface area contributed by atoms with Crippen molar-refractivity contribution in [3.8, 4) is 0 Å². The number of hydrogen-bond acceptors (Lipinski definition) is 3. The van der Waals surface area contributed by atoms with Crippen molar-refractivity contribution in [3.63, 3.8) is 0 Å². The average molecular weight is 868 g/mol. The molecule has 0 aromatic carbocycles. The standard InChI is InChI=1S/2C10H21O.4C4H8F.O.2Sn/c2*1-2-3-4-5-6-7-8-9-10-11;4*1-2-3-4-5;;;/h2*2-10H2,1H3;4*1-4H2;;;/q2*-1;;;;;;2*+1. The van der Waals surface area contributed by atoms with E-state index in [1.54, 1.807) is 0 Å². The quantitative estimate of drug-likeness (QED) is 0.0352. The molecule has 45 heavy (non-hydrogen) atoms. The normalized spacial score (nSPS) is 12.4. The second-order valence-corrected chi connectivity index (χ2v) is 35.4. The Bertz CT molecular complexity index is 525. The van der Waals surface area contributed by atoms with Crippen LogP contribution in [0, 0.1) is 0 Å². The molecule has 0 aliphatic rings. The number of unbranched alkanes of at least 4 members (excludes halogenated alkanes) is 18. The van der Waals surface area contributed by atoms with Gasteiger partial charge in [0.1, 0.15) is 0 Å². The zero-order chi connectivity index (χ0) is 33.2. The van der Waals surface area contributed by atoms with E-state index in [2.05, 4.69) is 13.8 Å². The Kier molecular flexibility index (Phi) is 36.0. The van der Waals surface area contributed by atoms with Crippen LogP contribution in [0.5, 0.6) is 0 Å². The molecule has 0 saturated heterocycles. The summed E-state index contributed by atoms with van der Waals surface area (Å²) >= 11 is -7.68. The molecule has 0 N–H and O–H groups in total. The molecule has 0 aliphatic heterocycles. The molecule has 0 radical (unpaired) electrons. The third-order valence-electron chi connectivity index (χ3n) is 8.86. The molecule has 9 heteroatoms. The van der Waals surface area contributed by atoms with Gasteiger partial charge in [0, 0.05) is 0 Å². The summed E-state index contributed by atoms with van der Waals surface area (Å²) in [6.45, 7) is 4.32. The van der Waals surface area contributed by atoms with Crippen LogP contribution in [0.3, 0.4) is 0 Å². The average Bonchev–Trinajstić information content (AvgIpc) is 3.04. The molecular formula is C36H74F4O3Sn2. The SMILES string of the molecule is CCCCCCCCCC[O][Sn]([CH2]CCCF)([CH2]CCCF)[O][Sn]([CH2]CCCF)([CH2]CCCF)[O]CCCCCCCCCC. The van der Waals surface area contributed by atoms with Gasteiger partial charge in [-0.25, -0.2) is 0 Å². The van der Waals surface area contributed by atoms with Crippen LogP contribution in [0.1, 0.15) is 168 Å². The minimum absolute atomic E-state index is 0.360. The van der Waals surface area contributed by atoms with Crippen molar-refractivity contribution < 1.29 is 25.1 Å². The minimum atomic E-state index is -3.84. The zero-order valence-electron chi connectivity index (χ0n) is 29.8. The Hall–Kier alpha value is 1.20. The van der Waals surface area contributed by atoms with Gasteiger partial charge in [0.05, 0.1) is 0 Å². The van der Waals surface area contributed by atoms with E-state index < -0.39 is 38.4 Å². The Morgan fingerprint density at radius 1 is 0.333 bits per heavy atom. The van der Waals surface area contributed by atoms with Gasteiger partial charge >= 0.3 is 289 Å². The van der Waals surface area contributed by atoms with Crippen LogP contribution in [-0.4, -0.2) is 78.3 Å². The molecule has 0 fully saturated rings. The van der Waals surface area contributed by atoms with Crippen molar-refractivity contribution >= 4 is 38.4 Å². The van der Waals surface area contributed by atoms with Crippen LogP contribution >= 0.6 is 0 Å². The number of hydrogen-bond donors (Lipinski definition) is 0. The first-order valence-electron chi connectivity index (χ1n) is 19.3. The van der Waals surface area contributed by atoms with Gasteiger partial charge in [-0.3, -0.25) is 0 Å². The predicted molar refractivity (Wildman–Crippen MR) is 190 cm³/mol. The number of halogens is 4. The first-order chi connectivity index (χ1) is 22.1. The molecule has 0 unspecified atom stereocenters. The molecule has 0 aromatic heterocycles. The summed E-state index contributed by atoms with van der Waals surface area (Å²) in [6, 6.07) is 0. The molecule has 0 atom stereocenters. The molecule has 0 spiro atoms. The second kappa shape index (κ2) is 35.0. The van der Waals surface area contributed by atoms with Crippen LogP contribution in [0.15, 0.2) is 0 Å². The van der Waals surface area contributed by atoms with Crippen molar-refractivity contribution in [2.24, 2.45) is 0 Å². The predicted octanol–water partition coefficient (Wildman–Crippen LogP) is 13.2. The van der Waals surface area contributed by atoms with Crippen LogP contribution in [-0.2, 0) is 7.56 Å². The fourth-order valence-corrected chi connectivity index (χ4v) is 47.6. The van der Waals surface area contributed by atoms with Crippen LogP contribution in [0.4, 0.5) is 17.6 Å². The summed E-state index contributed by atoms with van der Waals surface area (Å²) in [7, 11) is 0. The molecule has 0 aliphatic carbocycles. The monoisotopic (exact) mass is 870 g/mol. The van der Waals surface area contributed by atoms with E-state index in [9.17, 15) is 17.6 Å². The molecule has 0 aromatic rings. The Labute approximate surface area is 287 Å². The van der Waals surface area contributed by atoms with Gasteiger partial charge in [-0.15, -0.1) is 0 Å². The summed E-state index contributed by atoms with van der Waals surface area (Å²) in [5.74, 6) is 0. The Morgan fingerprint density at radius 2 is 0.600 bits per heavy atom. The maximum absolute atomic E-state index is 13.3. The van der Waals surface area contributed by atoms with E-state index >= 15 is 0 Å². The van der Waals surface area contributed by atoms with Gasteiger partial charge in [-0.2, -0.15) is 0 Å². The third-order valence-corrected chi connectivity index (χ3v) is 42.1. The molecule has 3 nitrogen and oxygen atoms in total. The van der Waals surface area contributed by atoms with Crippen LogP contribution in [0.25, 0.3) is 0 Å². The van der Waals surface area contributed by atoms with E-state index in [1.165, 1.54) is 77.0 Å². The van der Waals surface area contributed by atoms with Gasteiger partial charge in [0.15, 0.2) is 0 Å². The Balaban J connectivity index is 5.73. The van der Waals surface area contributed by atoms with Crippen molar-refractivity contribution in [2.45, 2.75) is 186 Å². The summed E-state index contributed by atoms with van der Waals surface area (Å²) in [5.41, 5.74) is 0. The van der Waals surface area contributed by atoms with Gasteiger partial charge in [-0.05, 0) is 0 Å². The van der Waals surface area contributed by atoms with Crippen molar-refractivity contribution in [3.05, 3.63) is 0 Å². The number of rotatable bonds is 38. The second-order valence-electron chi connectivity index (χ2n) is 13.2. The van der Waals surface area contributed by atoms with Crippen molar-refractivity contribution in [2.75, 3.05) is 39.9 Å². The van der Waals surface area contributed by atoms with Gasteiger partial charge < -0.3 is 0 Å². The van der Waals surface area contributed by atoms with Gasteiger partial charge in [0.2, 0.25) is 0 Å². The third kappa shape index (κ3) is 27.7. The maximum atomic E-state index is 13.3. The van der Waals surface area contributed by atoms with Gasteiger partial charge in [-0.1, -0.05) is 0 Å². The van der Waals surface area contributed by atoms with E-state index in [0.29, 0.717) is 64.6 Å². The molecule has 272 valence electrons. The van der Waals surface area contributed by atoms with E-state index in [1.807, 2.05) is 0 Å². The molecule has 0 amide bonds. The van der Waals surface area contributed by atoms with E-state index in [4.69, 9.17) is 7.56 Å². The van der Waals surface area contributed by atoms with Crippen LogP contribution in [0.2, 0.25) is 17.7 Å². The van der Waals surface area contributed by atoms with E-state index in [-0.39, 0.29) is 26.7 Å². The zero-order valence-corrected chi connectivity index (χ0v) is 35.5. The summed E-state index contributed by atoms with van der Waals surface area (Å²) in [5, 5.41) is 0. The Morgan fingerprint density at radius 3 is 0.867 bits per heavy atom. The summed E-state index contributed by atoms with van der Waals surface area (Å²) in [6.07, 6.45) is 24.3. The molecule has 0 bridgehead atoms. The fourth-order valence-electron chi connectivity index (χ4n) is 6.08. The summed E-state index contributed by atoms with van der Waals surface area (Å²) in [4.78, 5) is 0. The van der Waals surface area contributed by atoms with Crippen molar-refractivity contribution in [1.29, 1.82) is 0 Å².